The average molecular weight is 1910 g/mol. The van der Waals surface area contributed by atoms with Crippen molar-refractivity contribution in [3.05, 3.63) is 180 Å². The first kappa shape index (κ1) is 102. The minimum Gasteiger partial charge on any atom is -0.495 e. The second-order valence-electron chi connectivity index (χ2n) is 36.6. The van der Waals surface area contributed by atoms with Crippen LogP contribution in [0.1, 0.15) is 152 Å². The number of unbranched alkanes of at least 4 members (excludes halogenated alkanes) is 1. The van der Waals surface area contributed by atoms with Crippen LogP contribution >= 0.6 is 0 Å². The van der Waals surface area contributed by atoms with E-state index in [9.17, 15) is 55.9 Å². The third-order valence-electron chi connectivity index (χ3n) is 26.3. The SMILES string of the molecule is CCC(C)C(N)C(O)=NC(CC(C)C)C(=O)N1CCCC1C(O)=NC(Cc1c[nH]c2ccccc12)C(O)=NC(CCCCN)C(O)=NC(Cc1c[nH]c2ccccc12)C(=O)N1CCCC1C(O)=NC(Cc1c[nH]c2ccccc12)C(O)=NC(Cc1c[nH]c2ccccc12)C(=O)N1CCCC1C(O)=NC(Cc1c[nH]c2ccccc12)C(O)=NC(CCCNC(=N)N)C(O)=NC(CCCNC(=N)N)C(=N)O. The van der Waals surface area contributed by atoms with E-state index < -0.39 is 149 Å². The molecule has 14 unspecified atom stereocenters. The van der Waals surface area contributed by atoms with Crippen LogP contribution in [-0.2, 0) is 46.5 Å². The van der Waals surface area contributed by atoms with E-state index in [0.29, 0.717) is 72.8 Å². The number of fused-ring (bicyclic) bond motifs is 5. The lowest BCUT2D eigenvalue weighted by Gasteiger charge is -2.28. The predicted octanol–water partition coefficient (Wildman–Crippen LogP) is 12.1. The Morgan fingerprint density at radius 1 is 0.388 bits per heavy atom. The number of aliphatic imine (C=N–C) groups is 9. The fraction of sp³-hybridized carbons (Fsp3) is 0.450. The zero-order valence-corrected chi connectivity index (χ0v) is 78.9. The molecule has 3 saturated heterocycles. The Bertz CT molecular complexity index is 6230. The molecule has 3 fully saturated rings. The fourth-order valence-corrected chi connectivity index (χ4v) is 18.6. The second-order valence-corrected chi connectivity index (χ2v) is 36.6. The van der Waals surface area contributed by atoms with Gasteiger partial charge in [0, 0.05) is 150 Å². The van der Waals surface area contributed by atoms with Crippen molar-refractivity contribution in [1.82, 2.24) is 50.3 Å². The van der Waals surface area contributed by atoms with Gasteiger partial charge in [-0.3, -0.25) is 30.6 Å². The van der Waals surface area contributed by atoms with Crippen LogP contribution in [0.5, 0.6) is 0 Å². The normalized spacial score (nSPS) is 18.9. The zero-order valence-electron chi connectivity index (χ0n) is 78.9. The molecule has 3 aliphatic rings. The van der Waals surface area contributed by atoms with E-state index in [2.05, 4.69) is 50.5 Å². The van der Waals surface area contributed by atoms with Gasteiger partial charge in [-0.05, 0) is 166 Å². The maximum atomic E-state index is 16.1. The number of carbonyl (C=O) groups is 3. The number of likely N-dealkylation sites (tertiary alicyclic amines) is 3. The monoisotopic (exact) mass is 1910 g/mol. The van der Waals surface area contributed by atoms with E-state index in [0.717, 1.165) is 54.5 Å². The van der Waals surface area contributed by atoms with E-state index >= 15 is 9.59 Å². The lowest BCUT2D eigenvalue weighted by Crippen LogP contribution is -2.47. The molecule has 0 saturated carbocycles. The number of rotatable bonds is 48. The first-order valence-electron chi connectivity index (χ1n) is 47.9. The second kappa shape index (κ2) is 47.9. The summed E-state index contributed by atoms with van der Waals surface area (Å²) in [7, 11) is 0. The molecule has 39 nitrogen and oxygen atoms in total. The van der Waals surface area contributed by atoms with E-state index in [-0.39, 0.29) is 152 Å². The molecule has 3 aliphatic heterocycles. The molecule has 39 heteroatoms. The number of aromatic amines is 5. The van der Waals surface area contributed by atoms with E-state index in [1.807, 2.05) is 149 Å². The fourth-order valence-electron chi connectivity index (χ4n) is 18.6. The van der Waals surface area contributed by atoms with Crippen LogP contribution in [0.4, 0.5) is 0 Å². The third kappa shape index (κ3) is 26.0. The first-order valence-corrected chi connectivity index (χ1v) is 47.9. The molecule has 13 rings (SSSR count). The van der Waals surface area contributed by atoms with Crippen LogP contribution in [0.15, 0.2) is 197 Å². The first-order chi connectivity index (χ1) is 66.9. The molecule has 5 aromatic carbocycles. The quantitative estimate of drug-likeness (QED) is 0.00956. The van der Waals surface area contributed by atoms with Crippen molar-refractivity contribution < 1.29 is 65.4 Å². The number of H-pyrrole nitrogens is 5. The number of guanidine groups is 2. The van der Waals surface area contributed by atoms with Gasteiger partial charge in [0.25, 0.3) is 0 Å². The summed E-state index contributed by atoms with van der Waals surface area (Å²) in [5, 5.41) is 155. The van der Waals surface area contributed by atoms with E-state index in [1.54, 1.807) is 31.0 Å². The average Bonchev–Trinajstić information content (AvgIpc) is 1.66. The Morgan fingerprint density at radius 3 is 0.978 bits per heavy atom. The van der Waals surface area contributed by atoms with Gasteiger partial charge in [0.05, 0.1) is 6.04 Å². The number of nitrogens with zero attached hydrogens (tertiary/aromatic N) is 12. The molecule has 740 valence electrons. The van der Waals surface area contributed by atoms with Crippen molar-refractivity contribution >= 4 is 143 Å². The van der Waals surface area contributed by atoms with Crippen LogP contribution in [0, 0.1) is 28.1 Å². The van der Waals surface area contributed by atoms with Crippen molar-refractivity contribution in [3.8, 4) is 0 Å². The molecule has 0 spiro atoms. The molecule has 139 heavy (non-hydrogen) atoms. The van der Waals surface area contributed by atoms with Crippen LogP contribution < -0.4 is 33.6 Å². The molecular formula is C100H132N26O13. The summed E-state index contributed by atoms with van der Waals surface area (Å²) in [5.74, 6) is -8.67. The van der Waals surface area contributed by atoms with Gasteiger partial charge in [0.2, 0.25) is 70.8 Å². The van der Waals surface area contributed by atoms with Crippen LogP contribution in [-0.4, -0.2) is 297 Å². The lowest BCUT2D eigenvalue weighted by molar-refractivity contribution is -0.133. The molecule has 10 aromatic rings. The number of aromatic nitrogens is 5. The zero-order chi connectivity index (χ0) is 99.1. The van der Waals surface area contributed by atoms with Crippen molar-refractivity contribution in [3.63, 3.8) is 0 Å². The number of benzene rings is 5. The van der Waals surface area contributed by atoms with Gasteiger partial charge in [-0.25, -0.2) is 44.9 Å². The number of hydrogen-bond donors (Lipinski definition) is 24. The van der Waals surface area contributed by atoms with Gasteiger partial charge in [-0.1, -0.05) is 125 Å². The van der Waals surface area contributed by atoms with Gasteiger partial charge in [-0.15, -0.1) is 0 Å². The highest BCUT2D eigenvalue weighted by Crippen LogP contribution is 2.33. The summed E-state index contributed by atoms with van der Waals surface area (Å²) in [4.78, 5) is 110. The summed E-state index contributed by atoms with van der Waals surface area (Å²) in [6.45, 7) is 8.63. The summed E-state index contributed by atoms with van der Waals surface area (Å²) in [6, 6.07) is 20.9. The van der Waals surface area contributed by atoms with Gasteiger partial charge in [-0.2, -0.15) is 0 Å². The number of nitrogens with one attached hydrogen (secondary N) is 10. The van der Waals surface area contributed by atoms with Gasteiger partial charge in [0.15, 0.2) is 17.8 Å². The molecule has 0 bridgehead atoms. The highest BCUT2D eigenvalue weighted by atomic mass is 16.3. The number of hydrogen-bond acceptors (Lipinski definition) is 17. The maximum Gasteiger partial charge on any atom is 0.248 e. The standard InChI is InChI=1S/C100H132N26O13/c1-5-57(4)85(102)95(136)123-79(45-56(2)3)96(137)124-42-20-36-82(124)92(133)118-76(46-58-51-110-68-28-11-6-23-63(58)68)89(130)116-74(33-16-17-39-101)88(129)121-80(49-61-54-113-71-31-14-9-26-66(61)71)97(138)125-43-21-38-84(125)94(135)120-78(48-60-53-112-70-30-13-8-25-65(60)70)91(132)122-81(50-62-55-114-72-32-15-10-27-67(62)72)98(139)126-44-22-37-83(126)93(134)119-77(47-59-52-111-69-29-12-7-24-64(59)69)90(131)117-75(35-19-41-109-100(106)107)87(128)115-73(86(103)127)34-18-40-108-99(104)105/h6-15,23-32,51-57,73-85,110-114H,5,16-22,33-50,101-102H2,1-4H3,(H2,103,127)(H,115,128)(H,116,130)(H,117,131)(H,118,133)(H,119,134)(H,120,135)(H,121,129)(H,122,132)(H,123,136)(H4,104,105,108)(H4,106,107,109). The Labute approximate surface area is 804 Å². The molecule has 8 heterocycles. The highest BCUT2D eigenvalue weighted by molar-refractivity contribution is 6.00. The predicted molar refractivity (Wildman–Crippen MR) is 547 cm³/mol. The molecule has 0 radical (unpaired) electrons. The molecular weight excluding hydrogens is 1770 g/mol. The van der Waals surface area contributed by atoms with Crippen LogP contribution in [0.25, 0.3) is 54.5 Å². The van der Waals surface area contributed by atoms with Gasteiger partial charge >= 0.3 is 0 Å². The van der Waals surface area contributed by atoms with Crippen LogP contribution in [0.2, 0.25) is 0 Å². The molecule has 0 aliphatic carbocycles. The highest BCUT2D eigenvalue weighted by Gasteiger charge is 2.43. The summed E-state index contributed by atoms with van der Waals surface area (Å²) in [6.07, 6.45) is 12.2. The Hall–Kier alpha value is -14.6. The molecule has 28 N–H and O–H groups in total. The minimum atomic E-state index is -1.49. The summed E-state index contributed by atoms with van der Waals surface area (Å²) < 4.78 is 0. The Morgan fingerprint density at radius 2 is 0.669 bits per heavy atom. The number of aliphatic hydroxyl groups is 10. The number of nitrogens with two attached hydrogens (primary N) is 4. The van der Waals surface area contributed by atoms with Crippen LogP contribution in [0.3, 0.4) is 0 Å². The molecule has 3 amide bonds. The third-order valence-corrected chi connectivity index (χ3v) is 26.3. The van der Waals surface area contributed by atoms with E-state index in [4.69, 9.17) is 69.1 Å². The number of aliphatic hydroxyl groups excluding tert-OH is 10. The van der Waals surface area contributed by atoms with Gasteiger partial charge < -0.3 is 124 Å². The summed E-state index contributed by atoms with van der Waals surface area (Å²) >= 11 is 0. The smallest absolute Gasteiger partial charge is 0.248 e. The Balaban J connectivity index is 0.849. The number of para-hydroxylation sites is 5. The van der Waals surface area contributed by atoms with Crippen molar-refractivity contribution in [2.45, 2.75) is 235 Å². The minimum absolute atomic E-state index is 0.0284. The maximum absolute atomic E-state index is 16.1. The Kier molecular flexibility index (Phi) is 35.1. The van der Waals surface area contributed by atoms with E-state index in [1.165, 1.54) is 14.7 Å². The number of carbonyl (C=O) groups excluding carboxylic acids is 3. The summed E-state index contributed by atoms with van der Waals surface area (Å²) in [5.41, 5.74) is 30.6. The van der Waals surface area contributed by atoms with Crippen molar-refractivity contribution in [1.29, 1.82) is 16.2 Å². The van der Waals surface area contributed by atoms with Crippen molar-refractivity contribution in [2.24, 2.45) is 79.7 Å². The largest absolute Gasteiger partial charge is 0.495 e. The lowest BCUT2D eigenvalue weighted by atomic mass is 9.99. The number of amides is 3. The topological polar surface area (TPSA) is 653 Å². The molecule has 5 aromatic heterocycles. The van der Waals surface area contributed by atoms with Gasteiger partial charge in [0.1, 0.15) is 72.5 Å². The molecule has 14 atom stereocenters. The van der Waals surface area contributed by atoms with Crippen molar-refractivity contribution in [2.75, 3.05) is 39.3 Å².